The molecular formula is C20H33ClN2O2. The average Bonchev–Trinajstić information content (AvgIpc) is 2.55. The van der Waals surface area contributed by atoms with Crippen LogP contribution in [0.4, 0.5) is 0 Å². The lowest BCUT2D eigenvalue weighted by Crippen LogP contribution is -2.39. The van der Waals surface area contributed by atoms with E-state index in [0.717, 1.165) is 30.0 Å². The van der Waals surface area contributed by atoms with Crippen LogP contribution in [0.3, 0.4) is 0 Å². The highest BCUT2D eigenvalue weighted by molar-refractivity contribution is 5.85. The van der Waals surface area contributed by atoms with Crippen LogP contribution in [-0.2, 0) is 4.79 Å². The maximum atomic E-state index is 12.3. The Morgan fingerprint density at radius 1 is 1.24 bits per heavy atom. The molecule has 0 radical (unpaired) electrons. The predicted octanol–water partition coefficient (Wildman–Crippen LogP) is 3.63. The van der Waals surface area contributed by atoms with Crippen molar-refractivity contribution in [3.63, 3.8) is 0 Å². The molecular weight excluding hydrogens is 336 g/mol. The third-order valence-electron chi connectivity index (χ3n) is 4.99. The van der Waals surface area contributed by atoms with E-state index in [1.54, 1.807) is 0 Å². The Balaban J connectivity index is 0.00000312. The number of amides is 1. The first-order chi connectivity index (χ1) is 11.5. The molecule has 1 saturated heterocycles. The number of piperidine rings is 1. The summed E-state index contributed by atoms with van der Waals surface area (Å²) in [6.07, 6.45) is 2.97. The van der Waals surface area contributed by atoms with Crippen molar-refractivity contribution in [2.45, 2.75) is 53.0 Å². The third kappa shape index (κ3) is 6.87. The molecule has 1 fully saturated rings. The number of hydrogen-bond donors (Lipinski definition) is 2. The summed E-state index contributed by atoms with van der Waals surface area (Å²) in [6, 6.07) is 6.14. The molecule has 0 bridgehead atoms. The Kier molecular flexibility index (Phi) is 9.30. The summed E-state index contributed by atoms with van der Waals surface area (Å²) >= 11 is 0. The molecule has 1 aromatic rings. The van der Waals surface area contributed by atoms with E-state index in [2.05, 4.69) is 17.6 Å². The number of rotatable bonds is 7. The number of carbonyl (C=O) groups excluding carboxylic acids is 1. The molecule has 2 rings (SSSR count). The molecule has 2 atom stereocenters. The van der Waals surface area contributed by atoms with Gasteiger partial charge in [0.1, 0.15) is 12.4 Å². The van der Waals surface area contributed by atoms with Crippen molar-refractivity contribution in [3.05, 3.63) is 29.3 Å². The second-order valence-electron chi connectivity index (χ2n) is 7.27. The molecule has 25 heavy (non-hydrogen) atoms. The summed E-state index contributed by atoms with van der Waals surface area (Å²) in [6.45, 7) is 11.0. The van der Waals surface area contributed by atoms with Crippen molar-refractivity contribution in [1.82, 2.24) is 10.6 Å². The summed E-state index contributed by atoms with van der Waals surface area (Å²) in [5, 5.41) is 6.46. The van der Waals surface area contributed by atoms with Crippen LogP contribution in [0.2, 0.25) is 0 Å². The van der Waals surface area contributed by atoms with Crippen molar-refractivity contribution in [2.24, 2.45) is 11.8 Å². The van der Waals surface area contributed by atoms with Crippen LogP contribution < -0.4 is 15.4 Å². The fourth-order valence-corrected chi connectivity index (χ4v) is 3.48. The normalized spacial score (nSPS) is 17.3. The highest BCUT2D eigenvalue weighted by Gasteiger charge is 2.22. The lowest BCUT2D eigenvalue weighted by Gasteiger charge is -2.28. The number of ether oxygens (including phenoxy) is 1. The zero-order chi connectivity index (χ0) is 17.5. The van der Waals surface area contributed by atoms with E-state index in [-0.39, 0.29) is 24.4 Å². The van der Waals surface area contributed by atoms with E-state index < -0.39 is 0 Å². The van der Waals surface area contributed by atoms with Gasteiger partial charge in [-0.25, -0.2) is 0 Å². The zero-order valence-corrected chi connectivity index (χ0v) is 16.7. The van der Waals surface area contributed by atoms with Crippen LogP contribution in [0.15, 0.2) is 18.2 Å². The molecule has 1 aliphatic rings. The van der Waals surface area contributed by atoms with Gasteiger partial charge in [-0.1, -0.05) is 25.1 Å². The number of benzene rings is 1. The topological polar surface area (TPSA) is 50.4 Å². The van der Waals surface area contributed by atoms with Crippen LogP contribution in [0.25, 0.3) is 0 Å². The predicted molar refractivity (Wildman–Crippen MR) is 106 cm³/mol. The van der Waals surface area contributed by atoms with Crippen molar-refractivity contribution in [2.75, 3.05) is 19.7 Å². The minimum absolute atomic E-state index is 0. The van der Waals surface area contributed by atoms with Crippen LogP contribution in [-0.4, -0.2) is 31.6 Å². The number of para-hydroxylation sites is 1. The SMILES string of the molecule is Cc1cccc(C)c1OCC(C)NC(=O)CC(C)C1CCNCC1.Cl. The maximum Gasteiger partial charge on any atom is 0.220 e. The van der Waals surface area contributed by atoms with Crippen molar-refractivity contribution < 1.29 is 9.53 Å². The van der Waals surface area contributed by atoms with Gasteiger partial charge < -0.3 is 15.4 Å². The summed E-state index contributed by atoms with van der Waals surface area (Å²) in [4.78, 5) is 12.3. The Morgan fingerprint density at radius 3 is 2.44 bits per heavy atom. The molecule has 1 heterocycles. The van der Waals surface area contributed by atoms with Gasteiger partial charge in [-0.05, 0) is 69.7 Å². The first-order valence-electron chi connectivity index (χ1n) is 9.16. The summed E-state index contributed by atoms with van der Waals surface area (Å²) < 4.78 is 5.93. The van der Waals surface area contributed by atoms with Crippen LogP contribution >= 0.6 is 12.4 Å². The monoisotopic (exact) mass is 368 g/mol. The first-order valence-corrected chi connectivity index (χ1v) is 9.16. The number of halogens is 1. The van der Waals surface area contributed by atoms with Crippen molar-refractivity contribution >= 4 is 18.3 Å². The van der Waals surface area contributed by atoms with Gasteiger partial charge in [0.2, 0.25) is 5.91 Å². The van der Waals surface area contributed by atoms with Crippen LogP contribution in [0.1, 0.15) is 44.2 Å². The quantitative estimate of drug-likeness (QED) is 0.772. The molecule has 0 aliphatic carbocycles. The van der Waals surface area contributed by atoms with Crippen molar-refractivity contribution in [3.8, 4) is 5.75 Å². The molecule has 2 unspecified atom stereocenters. The fourth-order valence-electron chi connectivity index (χ4n) is 3.48. The Hall–Kier alpha value is -1.26. The average molecular weight is 369 g/mol. The first kappa shape index (κ1) is 21.8. The Bertz CT molecular complexity index is 524. The largest absolute Gasteiger partial charge is 0.491 e. The standard InChI is InChI=1S/C20H32N2O2.ClH/c1-14-6-5-7-15(2)20(14)24-13-17(4)22-19(23)12-16(3)18-8-10-21-11-9-18;/h5-7,16-18,21H,8-13H2,1-4H3,(H,22,23);1H. The zero-order valence-electron chi connectivity index (χ0n) is 15.9. The van der Waals surface area contributed by atoms with Gasteiger partial charge in [-0.2, -0.15) is 0 Å². The van der Waals surface area contributed by atoms with Crippen molar-refractivity contribution in [1.29, 1.82) is 0 Å². The molecule has 4 nitrogen and oxygen atoms in total. The van der Waals surface area contributed by atoms with Crippen LogP contribution in [0.5, 0.6) is 5.75 Å². The Morgan fingerprint density at radius 2 is 1.84 bits per heavy atom. The van der Waals surface area contributed by atoms with Gasteiger partial charge in [-0.3, -0.25) is 4.79 Å². The second-order valence-corrected chi connectivity index (χ2v) is 7.27. The molecule has 0 aromatic heterocycles. The van der Waals surface area contributed by atoms with E-state index >= 15 is 0 Å². The highest BCUT2D eigenvalue weighted by Crippen LogP contribution is 2.24. The lowest BCUT2D eigenvalue weighted by atomic mass is 9.84. The van der Waals surface area contributed by atoms with E-state index in [1.807, 2.05) is 39.0 Å². The molecule has 1 aromatic carbocycles. The number of carbonyl (C=O) groups is 1. The fraction of sp³-hybridized carbons (Fsp3) is 0.650. The van der Waals surface area contributed by atoms with Gasteiger partial charge in [-0.15, -0.1) is 12.4 Å². The Labute approximate surface area is 158 Å². The molecule has 0 saturated carbocycles. The molecule has 1 aliphatic heterocycles. The molecule has 1 amide bonds. The summed E-state index contributed by atoms with van der Waals surface area (Å²) in [5.74, 6) is 2.18. The van der Waals surface area contributed by atoms with Gasteiger partial charge in [0.15, 0.2) is 0 Å². The van der Waals surface area contributed by atoms with Gasteiger partial charge in [0.05, 0.1) is 6.04 Å². The highest BCUT2D eigenvalue weighted by atomic mass is 35.5. The molecule has 2 N–H and O–H groups in total. The summed E-state index contributed by atoms with van der Waals surface area (Å²) in [7, 11) is 0. The van der Waals surface area contributed by atoms with Gasteiger partial charge >= 0.3 is 0 Å². The van der Waals surface area contributed by atoms with Gasteiger partial charge in [0, 0.05) is 6.42 Å². The minimum atomic E-state index is 0. The smallest absolute Gasteiger partial charge is 0.220 e. The van der Waals surface area contributed by atoms with Crippen LogP contribution in [0, 0.1) is 25.7 Å². The second kappa shape index (κ2) is 10.7. The maximum absolute atomic E-state index is 12.3. The third-order valence-corrected chi connectivity index (χ3v) is 4.99. The molecule has 0 spiro atoms. The molecule has 5 heteroatoms. The number of nitrogens with one attached hydrogen (secondary N) is 2. The summed E-state index contributed by atoms with van der Waals surface area (Å²) in [5.41, 5.74) is 2.26. The van der Waals surface area contributed by atoms with Gasteiger partial charge in [0.25, 0.3) is 0 Å². The minimum Gasteiger partial charge on any atom is -0.491 e. The number of aryl methyl sites for hydroxylation is 2. The lowest BCUT2D eigenvalue weighted by molar-refractivity contribution is -0.123. The number of hydrogen-bond acceptors (Lipinski definition) is 3. The van der Waals surface area contributed by atoms with E-state index in [1.165, 1.54) is 12.8 Å². The van der Waals surface area contributed by atoms with E-state index in [9.17, 15) is 4.79 Å². The van der Waals surface area contributed by atoms with E-state index in [0.29, 0.717) is 24.9 Å². The van der Waals surface area contributed by atoms with E-state index in [4.69, 9.17) is 4.74 Å². The molecule has 142 valence electrons.